The molecule has 0 unspecified atom stereocenters. The van der Waals surface area contributed by atoms with Crippen LogP contribution in [0, 0.1) is 23.0 Å². The third kappa shape index (κ3) is 4.73. The monoisotopic (exact) mass is 380 g/mol. The molecule has 1 aliphatic rings. The van der Waals surface area contributed by atoms with Crippen LogP contribution in [0.1, 0.15) is 48.5 Å². The van der Waals surface area contributed by atoms with Crippen LogP contribution in [-0.4, -0.2) is 16.5 Å². The number of hydrazone groups is 1. The molecule has 3 rings (SSSR count). The molecule has 0 aliphatic heterocycles. The molecular weight excluding hydrogens is 356 g/mol. The van der Waals surface area contributed by atoms with Crippen molar-refractivity contribution in [2.75, 3.05) is 10.7 Å². The van der Waals surface area contributed by atoms with Gasteiger partial charge in [-0.05, 0) is 56.4 Å². The second-order valence-electron chi connectivity index (χ2n) is 7.17. The van der Waals surface area contributed by atoms with Crippen molar-refractivity contribution in [3.05, 3.63) is 63.7 Å². The Morgan fingerprint density at radius 2 is 1.93 bits per heavy atom. The highest BCUT2D eigenvalue weighted by Gasteiger charge is 2.19. The molecule has 1 saturated carbocycles. The van der Waals surface area contributed by atoms with Gasteiger partial charge in [0, 0.05) is 23.0 Å². The van der Waals surface area contributed by atoms with Crippen LogP contribution in [0.25, 0.3) is 0 Å². The number of hydrogen-bond donors (Lipinski definition) is 2. The Hall–Kier alpha value is -3.22. The van der Waals surface area contributed by atoms with Crippen LogP contribution in [0.2, 0.25) is 0 Å². The summed E-state index contributed by atoms with van der Waals surface area (Å²) in [5.74, 6) is -0.0226. The number of nitrogens with one attached hydrogen (secondary N) is 2. The summed E-state index contributed by atoms with van der Waals surface area (Å²) in [4.78, 5) is 23.4. The van der Waals surface area contributed by atoms with E-state index in [1.165, 1.54) is 18.6 Å². The number of anilines is 2. The van der Waals surface area contributed by atoms with E-state index in [2.05, 4.69) is 22.8 Å². The van der Waals surface area contributed by atoms with Crippen LogP contribution >= 0.6 is 0 Å². The topological polar surface area (TPSA) is 96.6 Å². The van der Waals surface area contributed by atoms with Gasteiger partial charge in [0.2, 0.25) is 0 Å². The molecule has 0 bridgehead atoms. The van der Waals surface area contributed by atoms with E-state index in [1.54, 1.807) is 18.2 Å². The van der Waals surface area contributed by atoms with E-state index in [0.29, 0.717) is 11.6 Å². The standard InChI is InChI=1S/C21H24N4O3/c1-14-7-10-17(11-8-14)22-21(26)16-9-12-19(20(13-16)25(27)28)24-23-18-6-4-3-5-15(18)2/h7-13,15,24H,3-6H2,1-2H3,(H,22,26)/t15-/m1/s1. The summed E-state index contributed by atoms with van der Waals surface area (Å²) in [6, 6.07) is 11.7. The Kier molecular flexibility index (Phi) is 6.03. The fourth-order valence-corrected chi connectivity index (χ4v) is 3.23. The zero-order chi connectivity index (χ0) is 20.1. The van der Waals surface area contributed by atoms with E-state index in [4.69, 9.17) is 0 Å². The Morgan fingerprint density at radius 3 is 2.61 bits per heavy atom. The normalized spacial score (nSPS) is 17.9. The molecule has 7 nitrogen and oxygen atoms in total. The first-order valence-corrected chi connectivity index (χ1v) is 9.43. The zero-order valence-electron chi connectivity index (χ0n) is 16.1. The third-order valence-corrected chi connectivity index (χ3v) is 4.97. The lowest BCUT2D eigenvalue weighted by Crippen LogP contribution is -2.17. The molecule has 28 heavy (non-hydrogen) atoms. The molecule has 0 heterocycles. The first kappa shape index (κ1) is 19.5. The minimum Gasteiger partial charge on any atom is -0.322 e. The van der Waals surface area contributed by atoms with Gasteiger partial charge in [-0.1, -0.05) is 31.0 Å². The predicted octanol–water partition coefficient (Wildman–Crippen LogP) is 5.13. The van der Waals surface area contributed by atoms with Crippen LogP contribution in [0.15, 0.2) is 47.6 Å². The number of aryl methyl sites for hydroxylation is 1. The molecule has 2 aromatic rings. The summed E-state index contributed by atoms with van der Waals surface area (Å²) in [5.41, 5.74) is 5.90. The molecule has 0 aromatic heterocycles. The van der Waals surface area contributed by atoms with Crippen molar-refractivity contribution in [3.63, 3.8) is 0 Å². The number of nitrogens with zero attached hydrogens (tertiary/aromatic N) is 2. The number of nitro benzene ring substituents is 1. The zero-order valence-corrected chi connectivity index (χ0v) is 16.1. The van der Waals surface area contributed by atoms with Crippen molar-refractivity contribution in [1.82, 2.24) is 0 Å². The Balaban J connectivity index is 1.78. The van der Waals surface area contributed by atoms with Crippen molar-refractivity contribution in [1.29, 1.82) is 0 Å². The van der Waals surface area contributed by atoms with Gasteiger partial charge in [0.05, 0.1) is 4.92 Å². The summed E-state index contributed by atoms with van der Waals surface area (Å²) in [5, 5.41) is 18.6. The minimum atomic E-state index is -0.504. The van der Waals surface area contributed by atoms with Crippen molar-refractivity contribution in [2.45, 2.75) is 39.5 Å². The lowest BCUT2D eigenvalue weighted by molar-refractivity contribution is -0.384. The number of hydrogen-bond acceptors (Lipinski definition) is 5. The number of amides is 1. The average molecular weight is 380 g/mol. The van der Waals surface area contributed by atoms with Crippen LogP contribution in [-0.2, 0) is 0 Å². The first-order chi connectivity index (χ1) is 13.4. The number of rotatable bonds is 5. The summed E-state index contributed by atoms with van der Waals surface area (Å²) in [6.07, 6.45) is 4.26. The highest BCUT2D eigenvalue weighted by molar-refractivity contribution is 6.05. The van der Waals surface area contributed by atoms with Crippen molar-refractivity contribution in [2.24, 2.45) is 11.0 Å². The van der Waals surface area contributed by atoms with E-state index < -0.39 is 10.8 Å². The summed E-state index contributed by atoms with van der Waals surface area (Å²) in [7, 11) is 0. The predicted molar refractivity (Wildman–Crippen MR) is 111 cm³/mol. The van der Waals surface area contributed by atoms with Gasteiger partial charge in [-0.3, -0.25) is 20.3 Å². The number of carbonyl (C=O) groups excluding carboxylic acids is 1. The van der Waals surface area contributed by atoms with Crippen LogP contribution in [0.3, 0.4) is 0 Å². The second-order valence-corrected chi connectivity index (χ2v) is 7.17. The fourth-order valence-electron chi connectivity index (χ4n) is 3.23. The molecule has 0 saturated heterocycles. The fraction of sp³-hybridized carbons (Fsp3) is 0.333. The first-order valence-electron chi connectivity index (χ1n) is 9.43. The SMILES string of the molecule is Cc1ccc(NC(=O)c2ccc(NN=C3CCCC[C@H]3C)c([N+](=O)[O-])c2)cc1. The second kappa shape index (κ2) is 8.65. The molecule has 1 aliphatic carbocycles. The quantitative estimate of drug-likeness (QED) is 0.555. The summed E-state index contributed by atoms with van der Waals surface area (Å²) >= 11 is 0. The molecule has 0 spiro atoms. The largest absolute Gasteiger partial charge is 0.322 e. The smallest absolute Gasteiger partial charge is 0.294 e. The number of benzene rings is 2. The average Bonchev–Trinajstić information content (AvgIpc) is 2.69. The highest BCUT2D eigenvalue weighted by Crippen LogP contribution is 2.27. The van der Waals surface area contributed by atoms with E-state index >= 15 is 0 Å². The molecule has 0 radical (unpaired) electrons. The maximum absolute atomic E-state index is 12.5. The van der Waals surface area contributed by atoms with Gasteiger partial charge < -0.3 is 5.32 Å². The number of carbonyl (C=O) groups is 1. The minimum absolute atomic E-state index is 0.177. The van der Waals surface area contributed by atoms with Crippen LogP contribution in [0.5, 0.6) is 0 Å². The molecule has 7 heteroatoms. The van der Waals surface area contributed by atoms with Gasteiger partial charge >= 0.3 is 0 Å². The Bertz CT molecular complexity index is 906. The lowest BCUT2D eigenvalue weighted by atomic mass is 9.89. The van der Waals surface area contributed by atoms with E-state index in [0.717, 1.165) is 30.5 Å². The summed E-state index contributed by atoms with van der Waals surface area (Å²) in [6.45, 7) is 4.07. The molecule has 1 amide bonds. The van der Waals surface area contributed by atoms with E-state index in [1.807, 2.05) is 19.1 Å². The molecule has 146 valence electrons. The molecular formula is C21H24N4O3. The maximum atomic E-state index is 12.5. The van der Waals surface area contributed by atoms with Crippen molar-refractivity contribution < 1.29 is 9.72 Å². The molecule has 1 atom stereocenters. The van der Waals surface area contributed by atoms with Gasteiger partial charge in [0.15, 0.2) is 0 Å². The van der Waals surface area contributed by atoms with Gasteiger partial charge in [-0.25, -0.2) is 0 Å². The van der Waals surface area contributed by atoms with Crippen LogP contribution < -0.4 is 10.7 Å². The molecule has 1 fully saturated rings. The lowest BCUT2D eigenvalue weighted by Gasteiger charge is -2.20. The Morgan fingerprint density at radius 1 is 1.18 bits per heavy atom. The van der Waals surface area contributed by atoms with Crippen LogP contribution in [0.4, 0.5) is 17.1 Å². The Labute approximate surface area is 164 Å². The van der Waals surface area contributed by atoms with E-state index in [9.17, 15) is 14.9 Å². The van der Waals surface area contributed by atoms with Gasteiger partial charge in [-0.2, -0.15) is 5.10 Å². The van der Waals surface area contributed by atoms with E-state index in [-0.39, 0.29) is 16.9 Å². The van der Waals surface area contributed by atoms with Crippen molar-refractivity contribution >= 4 is 28.7 Å². The van der Waals surface area contributed by atoms with Gasteiger partial charge in [-0.15, -0.1) is 0 Å². The summed E-state index contributed by atoms with van der Waals surface area (Å²) < 4.78 is 0. The molecule has 2 N–H and O–H groups in total. The van der Waals surface area contributed by atoms with Crippen molar-refractivity contribution in [3.8, 4) is 0 Å². The number of nitro groups is 1. The van der Waals surface area contributed by atoms with Gasteiger partial charge in [0.1, 0.15) is 5.69 Å². The molecule has 2 aromatic carbocycles. The third-order valence-electron chi connectivity index (χ3n) is 4.97. The maximum Gasteiger partial charge on any atom is 0.294 e. The highest BCUT2D eigenvalue weighted by atomic mass is 16.6. The van der Waals surface area contributed by atoms with Gasteiger partial charge in [0.25, 0.3) is 11.6 Å².